The van der Waals surface area contributed by atoms with Crippen molar-refractivity contribution in [3.63, 3.8) is 0 Å². The monoisotopic (exact) mass is 170 g/mol. The highest BCUT2D eigenvalue weighted by molar-refractivity contribution is 4.92. The predicted molar refractivity (Wildman–Crippen MR) is 41.4 cm³/mol. The quantitative estimate of drug-likeness (QED) is 0.590. The first-order chi connectivity index (χ1) is 5.73. The molecule has 0 spiro atoms. The molecular formula is C9H14O3. The Kier molecular flexibility index (Phi) is 1.23. The number of hydrogen-bond acceptors (Lipinski definition) is 3. The molecule has 0 unspecified atom stereocenters. The summed E-state index contributed by atoms with van der Waals surface area (Å²) in [6, 6.07) is 0. The van der Waals surface area contributed by atoms with Gasteiger partial charge in [-0.1, -0.05) is 6.92 Å². The maximum absolute atomic E-state index is 5.65. The molecule has 1 aliphatic carbocycles. The topological polar surface area (TPSA) is 27.7 Å². The summed E-state index contributed by atoms with van der Waals surface area (Å²) in [5.74, 6) is -0.125. The molecule has 68 valence electrons. The number of hydrogen-bond donors (Lipinski definition) is 0. The van der Waals surface area contributed by atoms with Crippen LogP contribution in [0.5, 0.6) is 0 Å². The normalized spacial score (nSPS) is 52.8. The van der Waals surface area contributed by atoms with Gasteiger partial charge in [-0.2, -0.15) is 0 Å². The van der Waals surface area contributed by atoms with E-state index in [0.717, 1.165) is 19.8 Å². The van der Waals surface area contributed by atoms with Crippen molar-refractivity contribution in [2.24, 2.45) is 11.3 Å². The molecule has 0 atom stereocenters. The second-order valence-corrected chi connectivity index (χ2v) is 4.55. The molecule has 0 N–H and O–H groups in total. The minimum Gasteiger partial charge on any atom is -0.326 e. The van der Waals surface area contributed by atoms with Crippen LogP contribution in [0.25, 0.3) is 0 Å². The summed E-state index contributed by atoms with van der Waals surface area (Å²) in [5, 5.41) is 0. The van der Waals surface area contributed by atoms with Crippen molar-refractivity contribution in [2.75, 3.05) is 19.8 Å². The maximum Gasteiger partial charge on any atom is 0.285 e. The summed E-state index contributed by atoms with van der Waals surface area (Å²) < 4.78 is 16.9. The van der Waals surface area contributed by atoms with Crippen molar-refractivity contribution < 1.29 is 14.2 Å². The van der Waals surface area contributed by atoms with Gasteiger partial charge in [0, 0.05) is 11.3 Å². The van der Waals surface area contributed by atoms with Crippen LogP contribution in [0, 0.1) is 11.3 Å². The van der Waals surface area contributed by atoms with Gasteiger partial charge in [0.15, 0.2) is 0 Å². The fourth-order valence-electron chi connectivity index (χ4n) is 1.86. The molecule has 3 aliphatic heterocycles. The highest BCUT2D eigenvalue weighted by atomic mass is 16.9. The highest BCUT2D eigenvalue weighted by Gasteiger charge is 2.58. The average molecular weight is 170 g/mol. The lowest BCUT2D eigenvalue weighted by molar-refractivity contribution is -0.474. The van der Waals surface area contributed by atoms with Crippen LogP contribution in [0.2, 0.25) is 0 Å². The first-order valence-electron chi connectivity index (χ1n) is 4.64. The van der Waals surface area contributed by atoms with Crippen molar-refractivity contribution in [1.29, 1.82) is 0 Å². The molecule has 0 aromatic heterocycles. The van der Waals surface area contributed by atoms with Crippen LogP contribution in [0.1, 0.15) is 19.8 Å². The van der Waals surface area contributed by atoms with Gasteiger partial charge in [0.1, 0.15) is 0 Å². The Morgan fingerprint density at radius 3 is 1.92 bits per heavy atom. The van der Waals surface area contributed by atoms with Crippen LogP contribution in [0.15, 0.2) is 0 Å². The van der Waals surface area contributed by atoms with E-state index in [-0.39, 0.29) is 5.41 Å². The summed E-state index contributed by atoms with van der Waals surface area (Å²) in [6.07, 6.45) is 2.38. The van der Waals surface area contributed by atoms with E-state index in [2.05, 4.69) is 6.92 Å². The lowest BCUT2D eigenvalue weighted by atomic mass is 9.91. The van der Waals surface area contributed by atoms with Crippen molar-refractivity contribution in [3.05, 3.63) is 0 Å². The lowest BCUT2D eigenvalue weighted by Crippen LogP contribution is -2.59. The van der Waals surface area contributed by atoms with E-state index in [9.17, 15) is 0 Å². The third-order valence-electron chi connectivity index (χ3n) is 2.94. The van der Waals surface area contributed by atoms with Crippen LogP contribution < -0.4 is 0 Å². The smallest absolute Gasteiger partial charge is 0.285 e. The zero-order valence-corrected chi connectivity index (χ0v) is 7.34. The third-order valence-corrected chi connectivity index (χ3v) is 2.94. The Hall–Kier alpha value is -0.120. The fraction of sp³-hybridized carbons (Fsp3) is 1.00. The zero-order valence-electron chi connectivity index (χ0n) is 7.34. The SMILES string of the molecule is CC12COC(C3CC3)(OC1)OC2. The predicted octanol–water partition coefficient (Wildman–Crippen LogP) is 1.13. The van der Waals surface area contributed by atoms with Gasteiger partial charge in [-0.3, -0.25) is 0 Å². The van der Waals surface area contributed by atoms with E-state index in [4.69, 9.17) is 14.2 Å². The van der Waals surface area contributed by atoms with E-state index in [1.807, 2.05) is 0 Å². The van der Waals surface area contributed by atoms with E-state index in [0.29, 0.717) is 5.92 Å². The molecule has 3 heterocycles. The standard InChI is InChI=1S/C9H14O3/c1-8-4-10-9(11-5-8,12-6-8)7-2-3-7/h7H,2-6H2,1H3. The molecule has 3 nitrogen and oxygen atoms in total. The number of fused-ring (bicyclic) bond motifs is 3. The Bertz CT molecular complexity index is 185. The van der Waals surface area contributed by atoms with Gasteiger partial charge in [0.25, 0.3) is 5.97 Å². The molecule has 0 aromatic carbocycles. The number of rotatable bonds is 1. The van der Waals surface area contributed by atoms with Gasteiger partial charge in [-0.15, -0.1) is 0 Å². The third kappa shape index (κ3) is 0.873. The summed E-state index contributed by atoms with van der Waals surface area (Å²) >= 11 is 0. The van der Waals surface area contributed by atoms with Crippen molar-refractivity contribution in [3.8, 4) is 0 Å². The van der Waals surface area contributed by atoms with Crippen LogP contribution in [-0.4, -0.2) is 25.8 Å². The van der Waals surface area contributed by atoms with Gasteiger partial charge < -0.3 is 14.2 Å². The van der Waals surface area contributed by atoms with Crippen molar-refractivity contribution in [1.82, 2.24) is 0 Å². The van der Waals surface area contributed by atoms with Crippen LogP contribution in [0.3, 0.4) is 0 Å². The summed E-state index contributed by atoms with van der Waals surface area (Å²) in [6.45, 7) is 4.53. The van der Waals surface area contributed by atoms with Gasteiger partial charge in [-0.05, 0) is 12.8 Å². The van der Waals surface area contributed by atoms with E-state index < -0.39 is 5.97 Å². The van der Waals surface area contributed by atoms with Crippen LogP contribution in [-0.2, 0) is 14.2 Å². The summed E-state index contributed by atoms with van der Waals surface area (Å²) in [7, 11) is 0. The fourth-order valence-corrected chi connectivity index (χ4v) is 1.86. The van der Waals surface area contributed by atoms with Crippen LogP contribution >= 0.6 is 0 Å². The zero-order chi connectivity index (χ0) is 8.23. The Balaban J connectivity index is 1.83. The molecule has 12 heavy (non-hydrogen) atoms. The lowest BCUT2D eigenvalue weighted by Gasteiger charge is -2.50. The molecule has 4 fully saturated rings. The Morgan fingerprint density at radius 2 is 1.50 bits per heavy atom. The van der Waals surface area contributed by atoms with Gasteiger partial charge >= 0.3 is 0 Å². The molecule has 1 saturated carbocycles. The van der Waals surface area contributed by atoms with Gasteiger partial charge in [0.05, 0.1) is 19.8 Å². The minimum absolute atomic E-state index is 0.108. The highest BCUT2D eigenvalue weighted by Crippen LogP contribution is 2.50. The van der Waals surface area contributed by atoms with E-state index in [1.165, 1.54) is 12.8 Å². The summed E-state index contributed by atoms with van der Waals surface area (Å²) in [4.78, 5) is 0. The van der Waals surface area contributed by atoms with E-state index >= 15 is 0 Å². The van der Waals surface area contributed by atoms with Gasteiger partial charge in [-0.25, -0.2) is 0 Å². The second-order valence-electron chi connectivity index (χ2n) is 4.55. The van der Waals surface area contributed by atoms with Gasteiger partial charge in [0.2, 0.25) is 0 Å². The molecule has 0 radical (unpaired) electrons. The van der Waals surface area contributed by atoms with Crippen LogP contribution in [0.4, 0.5) is 0 Å². The first kappa shape index (κ1) is 7.30. The molecule has 3 saturated heterocycles. The molecule has 4 aliphatic rings. The Labute approximate surface area is 72.0 Å². The first-order valence-corrected chi connectivity index (χ1v) is 4.64. The summed E-state index contributed by atoms with van der Waals surface area (Å²) in [5.41, 5.74) is 0.108. The van der Waals surface area contributed by atoms with Crippen molar-refractivity contribution >= 4 is 0 Å². The largest absolute Gasteiger partial charge is 0.326 e. The van der Waals surface area contributed by atoms with E-state index in [1.54, 1.807) is 0 Å². The average Bonchev–Trinajstić information content (AvgIpc) is 2.89. The molecule has 4 rings (SSSR count). The molecule has 3 heteroatoms. The molecule has 0 aromatic rings. The number of ether oxygens (including phenoxy) is 3. The minimum atomic E-state index is -0.627. The van der Waals surface area contributed by atoms with Crippen molar-refractivity contribution in [2.45, 2.75) is 25.7 Å². The molecule has 2 bridgehead atoms. The Morgan fingerprint density at radius 1 is 1.00 bits per heavy atom. The molecule has 0 amide bonds. The molecular weight excluding hydrogens is 156 g/mol. The second kappa shape index (κ2) is 2.03. The maximum atomic E-state index is 5.65.